The van der Waals surface area contributed by atoms with E-state index in [9.17, 15) is 17.6 Å². The molecular weight excluding hydrogens is 238 g/mol. The molecule has 17 heavy (non-hydrogen) atoms. The van der Waals surface area contributed by atoms with Crippen LogP contribution in [0, 0.1) is 17.1 Å². The Morgan fingerprint density at radius 2 is 2.00 bits per heavy atom. The van der Waals surface area contributed by atoms with Crippen LogP contribution in [0.1, 0.15) is 5.56 Å². The molecule has 0 radical (unpaired) electrons. The Balaban J connectivity index is 2.54. The van der Waals surface area contributed by atoms with Crippen LogP contribution in [-0.2, 0) is 0 Å². The highest BCUT2D eigenvalue weighted by molar-refractivity contribution is 5.67. The van der Waals surface area contributed by atoms with Crippen LogP contribution >= 0.6 is 0 Å². The molecule has 0 bridgehead atoms. The lowest BCUT2D eigenvalue weighted by atomic mass is 10.0. The number of fused-ring (bicyclic) bond motifs is 1. The molecule has 1 atom stereocenters. The van der Waals surface area contributed by atoms with Crippen LogP contribution in [0.5, 0.6) is 5.75 Å². The summed E-state index contributed by atoms with van der Waals surface area (Å²) in [7, 11) is 0. The second-order valence-corrected chi connectivity index (χ2v) is 3.40. The summed E-state index contributed by atoms with van der Waals surface area (Å²) in [6.45, 7) is 0. The Morgan fingerprint density at radius 3 is 2.59 bits per heavy atom. The van der Waals surface area contributed by atoms with Crippen LogP contribution in [-0.4, -0.2) is 12.3 Å². The fourth-order valence-electron chi connectivity index (χ4n) is 1.52. The van der Waals surface area contributed by atoms with E-state index >= 15 is 0 Å². The number of halogens is 4. The minimum atomic E-state index is -4.70. The molecule has 1 aromatic rings. The predicted octanol–water partition coefficient (Wildman–Crippen LogP) is 3.06. The van der Waals surface area contributed by atoms with Gasteiger partial charge in [0.05, 0.1) is 17.2 Å². The normalized spacial score (nSPS) is 18.8. The molecule has 0 saturated carbocycles. The van der Waals surface area contributed by atoms with Gasteiger partial charge in [-0.25, -0.2) is 4.39 Å². The maximum atomic E-state index is 13.3. The molecule has 1 aliphatic heterocycles. The zero-order valence-corrected chi connectivity index (χ0v) is 8.25. The molecule has 0 amide bonds. The van der Waals surface area contributed by atoms with Crippen molar-refractivity contribution < 1.29 is 22.3 Å². The molecule has 6 heteroatoms. The Morgan fingerprint density at radius 1 is 1.29 bits per heavy atom. The standard InChI is InChI=1S/C11H5F4NO/c12-8-2-1-3-9-7(8)4-6(5-16)10(17-9)11(13,14)15/h1-4,10H. The van der Waals surface area contributed by atoms with Crippen molar-refractivity contribution in [2.24, 2.45) is 0 Å². The monoisotopic (exact) mass is 243 g/mol. The van der Waals surface area contributed by atoms with Gasteiger partial charge < -0.3 is 4.74 Å². The zero-order valence-electron chi connectivity index (χ0n) is 8.25. The molecule has 0 saturated heterocycles. The molecule has 0 fully saturated rings. The van der Waals surface area contributed by atoms with Gasteiger partial charge in [0.25, 0.3) is 0 Å². The van der Waals surface area contributed by atoms with Gasteiger partial charge in [0.15, 0.2) is 0 Å². The minimum Gasteiger partial charge on any atom is -0.475 e. The number of hydrogen-bond acceptors (Lipinski definition) is 2. The van der Waals surface area contributed by atoms with Crippen molar-refractivity contribution in [1.29, 1.82) is 5.26 Å². The van der Waals surface area contributed by atoms with Crippen LogP contribution in [0.3, 0.4) is 0 Å². The summed E-state index contributed by atoms with van der Waals surface area (Å²) in [4.78, 5) is 0. The van der Waals surface area contributed by atoms with Gasteiger partial charge >= 0.3 is 6.18 Å². The summed E-state index contributed by atoms with van der Waals surface area (Å²) in [6.07, 6.45) is -6.17. The van der Waals surface area contributed by atoms with Gasteiger partial charge in [-0.2, -0.15) is 18.4 Å². The second-order valence-electron chi connectivity index (χ2n) is 3.40. The lowest BCUT2D eigenvalue weighted by molar-refractivity contribution is -0.182. The maximum Gasteiger partial charge on any atom is 0.430 e. The minimum absolute atomic E-state index is 0.135. The maximum absolute atomic E-state index is 13.3. The predicted molar refractivity (Wildman–Crippen MR) is 50.5 cm³/mol. The molecular formula is C11H5F4NO. The SMILES string of the molecule is N#CC1=Cc2c(F)cccc2OC1C(F)(F)F. The van der Waals surface area contributed by atoms with E-state index in [-0.39, 0.29) is 11.3 Å². The van der Waals surface area contributed by atoms with E-state index in [1.807, 2.05) is 0 Å². The highest BCUT2D eigenvalue weighted by Gasteiger charge is 2.46. The third-order valence-electron chi connectivity index (χ3n) is 2.27. The molecule has 1 unspecified atom stereocenters. The lowest BCUT2D eigenvalue weighted by Gasteiger charge is -2.25. The average molecular weight is 243 g/mol. The molecule has 0 spiro atoms. The molecule has 2 nitrogen and oxygen atoms in total. The van der Waals surface area contributed by atoms with E-state index < -0.39 is 23.7 Å². The third-order valence-corrected chi connectivity index (χ3v) is 2.27. The van der Waals surface area contributed by atoms with E-state index in [2.05, 4.69) is 4.74 Å². The highest BCUT2D eigenvalue weighted by atomic mass is 19.4. The van der Waals surface area contributed by atoms with E-state index in [1.54, 1.807) is 0 Å². The van der Waals surface area contributed by atoms with Gasteiger partial charge in [-0.1, -0.05) is 6.07 Å². The van der Waals surface area contributed by atoms with Crippen molar-refractivity contribution in [3.8, 4) is 11.8 Å². The van der Waals surface area contributed by atoms with Gasteiger partial charge in [-0.15, -0.1) is 0 Å². The Labute approximate surface area is 93.7 Å². The number of rotatable bonds is 0. The Hall–Kier alpha value is -2.03. The fraction of sp³-hybridized carbons (Fsp3) is 0.182. The number of hydrogen-bond donors (Lipinski definition) is 0. The van der Waals surface area contributed by atoms with Crippen molar-refractivity contribution in [1.82, 2.24) is 0 Å². The Kier molecular flexibility index (Phi) is 2.54. The molecule has 0 N–H and O–H groups in total. The topological polar surface area (TPSA) is 33.0 Å². The number of nitrogens with zero attached hydrogens (tertiary/aromatic N) is 1. The van der Waals surface area contributed by atoms with Crippen LogP contribution in [0.4, 0.5) is 17.6 Å². The largest absolute Gasteiger partial charge is 0.475 e. The van der Waals surface area contributed by atoms with E-state index in [0.717, 1.165) is 12.1 Å². The number of alkyl halides is 3. The van der Waals surface area contributed by atoms with Gasteiger partial charge in [-0.3, -0.25) is 0 Å². The molecule has 0 aliphatic carbocycles. The van der Waals surface area contributed by atoms with E-state index in [0.29, 0.717) is 0 Å². The quantitative estimate of drug-likeness (QED) is 0.656. The van der Waals surface area contributed by atoms with Crippen molar-refractivity contribution in [3.05, 3.63) is 35.2 Å². The molecule has 0 aromatic heterocycles. The first-order valence-electron chi connectivity index (χ1n) is 4.57. The second kappa shape index (κ2) is 3.77. The summed E-state index contributed by atoms with van der Waals surface area (Å²) in [6, 6.07) is 4.93. The summed E-state index contributed by atoms with van der Waals surface area (Å²) in [5, 5.41) is 8.62. The molecule has 2 rings (SSSR count). The first kappa shape index (κ1) is 11.5. The molecule has 1 aliphatic rings. The first-order chi connectivity index (χ1) is 7.93. The summed E-state index contributed by atoms with van der Waals surface area (Å²) >= 11 is 0. The van der Waals surface area contributed by atoms with Crippen LogP contribution in [0.2, 0.25) is 0 Å². The van der Waals surface area contributed by atoms with Gasteiger partial charge in [-0.05, 0) is 18.2 Å². The van der Waals surface area contributed by atoms with Crippen LogP contribution < -0.4 is 4.74 Å². The van der Waals surface area contributed by atoms with E-state index in [1.165, 1.54) is 18.2 Å². The summed E-state index contributed by atoms with van der Waals surface area (Å²) in [5.41, 5.74) is -0.792. The summed E-state index contributed by atoms with van der Waals surface area (Å²) in [5.74, 6) is -0.942. The van der Waals surface area contributed by atoms with Crippen LogP contribution in [0.25, 0.3) is 6.08 Å². The van der Waals surface area contributed by atoms with Gasteiger partial charge in [0, 0.05) is 0 Å². The number of benzene rings is 1. The van der Waals surface area contributed by atoms with Crippen molar-refractivity contribution in [2.45, 2.75) is 12.3 Å². The van der Waals surface area contributed by atoms with Crippen LogP contribution in [0.15, 0.2) is 23.8 Å². The first-order valence-corrected chi connectivity index (χ1v) is 4.57. The smallest absolute Gasteiger partial charge is 0.430 e. The molecule has 1 aromatic carbocycles. The average Bonchev–Trinajstić information content (AvgIpc) is 2.27. The van der Waals surface area contributed by atoms with Gasteiger partial charge in [0.1, 0.15) is 11.6 Å². The lowest BCUT2D eigenvalue weighted by Crippen LogP contribution is -2.37. The van der Waals surface area contributed by atoms with Crippen molar-refractivity contribution in [3.63, 3.8) is 0 Å². The molecule has 1 heterocycles. The summed E-state index contributed by atoms with van der Waals surface area (Å²) < 4.78 is 55.6. The van der Waals surface area contributed by atoms with E-state index in [4.69, 9.17) is 5.26 Å². The molecule has 88 valence electrons. The van der Waals surface area contributed by atoms with Crippen molar-refractivity contribution >= 4 is 6.08 Å². The van der Waals surface area contributed by atoms with Crippen molar-refractivity contribution in [2.75, 3.05) is 0 Å². The number of nitriles is 1. The van der Waals surface area contributed by atoms with Gasteiger partial charge in [0.2, 0.25) is 6.10 Å². The highest BCUT2D eigenvalue weighted by Crippen LogP contribution is 2.37. The third kappa shape index (κ3) is 1.96. The fourth-order valence-corrected chi connectivity index (χ4v) is 1.52. The number of ether oxygens (including phenoxy) is 1. The Bertz CT molecular complexity index is 527. The zero-order chi connectivity index (χ0) is 12.6.